The summed E-state index contributed by atoms with van der Waals surface area (Å²) in [5.74, 6) is 2.37. The van der Waals surface area contributed by atoms with Crippen molar-refractivity contribution in [2.75, 3.05) is 33.9 Å². The molecule has 1 saturated heterocycles. The van der Waals surface area contributed by atoms with Gasteiger partial charge in [0.2, 0.25) is 0 Å². The van der Waals surface area contributed by atoms with Crippen LogP contribution >= 0.6 is 0 Å². The third-order valence-corrected chi connectivity index (χ3v) is 8.02. The van der Waals surface area contributed by atoms with Gasteiger partial charge in [-0.3, -0.25) is 0 Å². The molecule has 4 aromatic carbocycles. The van der Waals surface area contributed by atoms with Gasteiger partial charge < -0.3 is 29.0 Å². The average molecular weight is 570 g/mol. The molecular weight excluding hydrogens is 530 g/mol. The molecule has 1 fully saturated rings. The summed E-state index contributed by atoms with van der Waals surface area (Å²) in [6.45, 7) is 1.70. The molecule has 1 heterocycles. The molecule has 0 aliphatic carbocycles. The lowest BCUT2D eigenvalue weighted by molar-refractivity contribution is -0.0204. The van der Waals surface area contributed by atoms with Crippen molar-refractivity contribution in [2.24, 2.45) is 0 Å². The van der Waals surface area contributed by atoms with Crippen molar-refractivity contribution in [3.8, 4) is 17.2 Å². The number of fused-ring (bicyclic) bond motifs is 1. The predicted octanol–water partition coefficient (Wildman–Crippen LogP) is 7.31. The zero-order valence-corrected chi connectivity index (χ0v) is 24.3. The predicted molar refractivity (Wildman–Crippen MR) is 164 cm³/mol. The van der Waals surface area contributed by atoms with E-state index in [9.17, 15) is 9.90 Å². The molecule has 1 aliphatic rings. The number of unbranched alkanes of at least 4 members (excludes halogenated alkanes) is 1. The SMILES string of the molecule is COc1cc(COC2CN(C(=O)O)CCC2c2ccc(OCCCCc3ccccc3)cc2)c(OC)c2ccccc12. The molecule has 1 aliphatic heterocycles. The van der Waals surface area contributed by atoms with E-state index in [2.05, 4.69) is 36.4 Å². The largest absolute Gasteiger partial charge is 0.496 e. The number of amides is 1. The highest BCUT2D eigenvalue weighted by molar-refractivity contribution is 5.94. The second-order valence-electron chi connectivity index (χ2n) is 10.7. The number of piperidine rings is 1. The van der Waals surface area contributed by atoms with Gasteiger partial charge in [0, 0.05) is 28.8 Å². The number of methoxy groups -OCH3 is 2. The summed E-state index contributed by atoms with van der Waals surface area (Å²) in [7, 11) is 3.30. The Morgan fingerprint density at radius 2 is 1.64 bits per heavy atom. The highest BCUT2D eigenvalue weighted by Crippen LogP contribution is 2.38. The minimum absolute atomic E-state index is 0.0499. The van der Waals surface area contributed by atoms with Crippen molar-refractivity contribution in [1.29, 1.82) is 0 Å². The van der Waals surface area contributed by atoms with Gasteiger partial charge in [0.15, 0.2) is 0 Å². The lowest BCUT2D eigenvalue weighted by atomic mass is 9.87. The summed E-state index contributed by atoms with van der Waals surface area (Å²) in [6, 6.07) is 28.6. The molecular formula is C35H39NO6. The number of hydrogen-bond acceptors (Lipinski definition) is 5. The molecule has 0 radical (unpaired) electrons. The topological polar surface area (TPSA) is 77.5 Å². The highest BCUT2D eigenvalue weighted by atomic mass is 16.5. The standard InChI is InChI=1S/C35H39NO6/c1-39-32-22-27(34(40-2)31-14-7-6-13-30(31)32)24-42-33-23-36(35(37)38)20-19-29(33)26-15-17-28(18-16-26)41-21-9-8-12-25-10-4-3-5-11-25/h3-7,10-11,13-18,22,29,33H,8-9,12,19-21,23-24H2,1-2H3,(H,37,38). The van der Waals surface area contributed by atoms with Crippen LogP contribution in [0.15, 0.2) is 84.9 Å². The molecule has 1 amide bonds. The van der Waals surface area contributed by atoms with Crippen molar-refractivity contribution in [1.82, 2.24) is 4.90 Å². The molecule has 1 N–H and O–H groups in total. The van der Waals surface area contributed by atoms with Crippen molar-refractivity contribution < 1.29 is 28.8 Å². The fraction of sp³-hybridized carbons (Fsp3) is 0.343. The molecule has 7 nitrogen and oxygen atoms in total. The van der Waals surface area contributed by atoms with Crippen LogP contribution in [0.3, 0.4) is 0 Å². The van der Waals surface area contributed by atoms with E-state index in [1.807, 2.05) is 48.5 Å². The van der Waals surface area contributed by atoms with E-state index in [0.717, 1.165) is 58.4 Å². The van der Waals surface area contributed by atoms with E-state index in [1.54, 1.807) is 14.2 Å². The second kappa shape index (κ2) is 14.1. The molecule has 42 heavy (non-hydrogen) atoms. The number of hydrogen-bond donors (Lipinski definition) is 1. The molecule has 7 heteroatoms. The zero-order valence-electron chi connectivity index (χ0n) is 24.3. The van der Waals surface area contributed by atoms with Crippen LogP contribution in [0.25, 0.3) is 10.8 Å². The normalized spacial score (nSPS) is 16.8. The summed E-state index contributed by atoms with van der Waals surface area (Å²) in [6.07, 6.45) is 2.55. The summed E-state index contributed by atoms with van der Waals surface area (Å²) < 4.78 is 24.0. The van der Waals surface area contributed by atoms with Crippen molar-refractivity contribution in [3.05, 3.63) is 102 Å². The molecule has 2 unspecified atom stereocenters. The first kappa shape index (κ1) is 29.3. The van der Waals surface area contributed by atoms with Crippen molar-refractivity contribution in [3.63, 3.8) is 0 Å². The van der Waals surface area contributed by atoms with Crippen LogP contribution in [0, 0.1) is 0 Å². The Kier molecular flexibility index (Phi) is 9.82. The first-order valence-electron chi connectivity index (χ1n) is 14.6. The van der Waals surface area contributed by atoms with Gasteiger partial charge in [-0.05, 0) is 55.0 Å². The van der Waals surface area contributed by atoms with E-state index in [4.69, 9.17) is 18.9 Å². The van der Waals surface area contributed by atoms with E-state index in [-0.39, 0.29) is 18.6 Å². The van der Waals surface area contributed by atoms with E-state index < -0.39 is 6.09 Å². The summed E-state index contributed by atoms with van der Waals surface area (Å²) in [4.78, 5) is 13.3. The molecule has 0 spiro atoms. The summed E-state index contributed by atoms with van der Waals surface area (Å²) in [5, 5.41) is 11.6. The maximum absolute atomic E-state index is 11.8. The number of carbonyl (C=O) groups is 1. The zero-order chi connectivity index (χ0) is 29.3. The molecule has 0 bridgehead atoms. The van der Waals surface area contributed by atoms with Crippen molar-refractivity contribution >= 4 is 16.9 Å². The lowest BCUT2D eigenvalue weighted by Gasteiger charge is -2.37. The van der Waals surface area contributed by atoms with Crippen LogP contribution in [0.2, 0.25) is 0 Å². The molecule has 2 atom stereocenters. The third-order valence-electron chi connectivity index (χ3n) is 8.02. The van der Waals surface area contributed by atoms with Gasteiger partial charge in [0.1, 0.15) is 17.2 Å². The Hall–Kier alpha value is -4.23. The first-order valence-corrected chi connectivity index (χ1v) is 14.6. The van der Waals surface area contributed by atoms with Crippen LogP contribution in [-0.4, -0.2) is 56.1 Å². The summed E-state index contributed by atoms with van der Waals surface area (Å²) >= 11 is 0. The first-order chi connectivity index (χ1) is 20.6. The van der Waals surface area contributed by atoms with Crippen LogP contribution < -0.4 is 14.2 Å². The number of likely N-dealkylation sites (tertiary alicyclic amines) is 1. The molecule has 220 valence electrons. The second-order valence-corrected chi connectivity index (χ2v) is 10.7. The minimum atomic E-state index is -0.928. The quantitative estimate of drug-likeness (QED) is 0.180. The molecule has 0 saturated carbocycles. The summed E-state index contributed by atoms with van der Waals surface area (Å²) in [5.41, 5.74) is 3.32. The van der Waals surface area contributed by atoms with Crippen LogP contribution in [0.4, 0.5) is 4.79 Å². The minimum Gasteiger partial charge on any atom is -0.496 e. The number of carboxylic acid groups (broad SMARTS) is 1. The molecule has 5 rings (SSSR count). The van der Waals surface area contributed by atoms with Gasteiger partial charge in [-0.2, -0.15) is 0 Å². The number of benzene rings is 4. The maximum Gasteiger partial charge on any atom is 0.407 e. The fourth-order valence-electron chi connectivity index (χ4n) is 5.80. The Labute approximate surface area is 247 Å². The van der Waals surface area contributed by atoms with Crippen LogP contribution in [0.5, 0.6) is 17.2 Å². The fourth-order valence-corrected chi connectivity index (χ4v) is 5.80. The van der Waals surface area contributed by atoms with E-state index >= 15 is 0 Å². The van der Waals surface area contributed by atoms with E-state index in [1.165, 1.54) is 10.5 Å². The monoisotopic (exact) mass is 569 g/mol. The molecule has 4 aromatic rings. The Balaban J connectivity index is 1.25. The molecule has 0 aromatic heterocycles. The van der Waals surface area contributed by atoms with E-state index in [0.29, 0.717) is 26.1 Å². The Morgan fingerprint density at radius 3 is 2.36 bits per heavy atom. The number of ether oxygens (including phenoxy) is 4. The van der Waals surface area contributed by atoms with Gasteiger partial charge in [-0.25, -0.2) is 4.79 Å². The Bertz CT molecular complexity index is 1460. The van der Waals surface area contributed by atoms with Gasteiger partial charge in [0.25, 0.3) is 0 Å². The van der Waals surface area contributed by atoms with Gasteiger partial charge in [-0.1, -0.05) is 66.7 Å². The Morgan fingerprint density at radius 1 is 0.905 bits per heavy atom. The van der Waals surface area contributed by atoms with Gasteiger partial charge >= 0.3 is 6.09 Å². The van der Waals surface area contributed by atoms with Crippen LogP contribution in [0.1, 0.15) is 41.9 Å². The average Bonchev–Trinajstić information content (AvgIpc) is 3.03. The maximum atomic E-state index is 11.8. The smallest absolute Gasteiger partial charge is 0.407 e. The number of nitrogens with zero attached hydrogens (tertiary/aromatic N) is 1. The van der Waals surface area contributed by atoms with Gasteiger partial charge in [0.05, 0.1) is 40.1 Å². The number of aryl methyl sites for hydroxylation is 1. The third kappa shape index (κ3) is 6.97. The van der Waals surface area contributed by atoms with Crippen LogP contribution in [-0.2, 0) is 17.8 Å². The highest BCUT2D eigenvalue weighted by Gasteiger charge is 2.33. The van der Waals surface area contributed by atoms with Gasteiger partial charge in [-0.15, -0.1) is 0 Å². The van der Waals surface area contributed by atoms with Crippen molar-refractivity contribution in [2.45, 2.75) is 44.3 Å². The lowest BCUT2D eigenvalue weighted by Crippen LogP contribution is -2.46. The number of rotatable bonds is 12.